The van der Waals surface area contributed by atoms with Gasteiger partial charge in [0.1, 0.15) is 10.8 Å². The molecule has 0 amide bonds. The lowest BCUT2D eigenvalue weighted by atomic mass is 10.2. The van der Waals surface area contributed by atoms with Gasteiger partial charge in [-0.1, -0.05) is 0 Å². The van der Waals surface area contributed by atoms with Crippen molar-refractivity contribution in [3.63, 3.8) is 0 Å². The Morgan fingerprint density at radius 2 is 1.75 bits per heavy atom. The molecular weight excluding hydrogens is 242 g/mol. The van der Waals surface area contributed by atoms with E-state index in [4.69, 9.17) is 4.74 Å². The maximum atomic E-state index is 5.12. The van der Waals surface area contributed by atoms with Crippen molar-refractivity contribution in [2.24, 2.45) is 0 Å². The van der Waals surface area contributed by atoms with Gasteiger partial charge in [0.25, 0.3) is 0 Å². The quantitative estimate of drug-likeness (QED) is 0.813. The second kappa shape index (κ2) is 5.32. The van der Waals surface area contributed by atoms with Crippen molar-refractivity contribution in [2.75, 3.05) is 7.11 Å². The van der Waals surface area contributed by atoms with Crippen LogP contribution < -0.4 is 4.74 Å². The van der Waals surface area contributed by atoms with E-state index >= 15 is 0 Å². The van der Waals surface area contributed by atoms with Gasteiger partial charge >= 0.3 is 0 Å². The number of nitrogens with zero attached hydrogens (tertiary/aromatic N) is 1. The zero-order valence-corrected chi connectivity index (χ0v) is 11.1. The summed E-state index contributed by atoms with van der Waals surface area (Å²) in [6, 6.07) is 8.00. The SMILES string of the molecule is COc1ccc(-c2nc(C)c(C)s2)cc1.Cl. The van der Waals surface area contributed by atoms with Crippen molar-refractivity contribution in [1.29, 1.82) is 0 Å². The Bertz CT molecular complexity index is 445. The fraction of sp³-hybridized carbons (Fsp3) is 0.250. The molecule has 0 N–H and O–H groups in total. The van der Waals surface area contributed by atoms with E-state index in [2.05, 4.69) is 11.9 Å². The number of methoxy groups -OCH3 is 1. The Morgan fingerprint density at radius 3 is 2.19 bits per heavy atom. The lowest BCUT2D eigenvalue weighted by molar-refractivity contribution is 0.415. The maximum Gasteiger partial charge on any atom is 0.123 e. The van der Waals surface area contributed by atoms with E-state index in [1.807, 2.05) is 31.2 Å². The van der Waals surface area contributed by atoms with Gasteiger partial charge < -0.3 is 4.74 Å². The van der Waals surface area contributed by atoms with Crippen LogP contribution in [0.4, 0.5) is 0 Å². The topological polar surface area (TPSA) is 22.1 Å². The van der Waals surface area contributed by atoms with Gasteiger partial charge in [-0.05, 0) is 38.1 Å². The van der Waals surface area contributed by atoms with Crippen LogP contribution >= 0.6 is 23.7 Å². The highest BCUT2D eigenvalue weighted by atomic mass is 35.5. The van der Waals surface area contributed by atoms with Gasteiger partial charge in [-0.25, -0.2) is 4.98 Å². The van der Waals surface area contributed by atoms with E-state index in [-0.39, 0.29) is 12.4 Å². The molecule has 1 aromatic carbocycles. The van der Waals surface area contributed by atoms with Gasteiger partial charge in [0.2, 0.25) is 0 Å². The molecule has 1 heterocycles. The predicted octanol–water partition coefficient (Wildman–Crippen LogP) is 3.86. The number of hydrogen-bond acceptors (Lipinski definition) is 3. The summed E-state index contributed by atoms with van der Waals surface area (Å²) in [5.74, 6) is 0.878. The minimum absolute atomic E-state index is 0. The van der Waals surface area contributed by atoms with Crippen LogP contribution in [0.15, 0.2) is 24.3 Å². The lowest BCUT2D eigenvalue weighted by Gasteiger charge is -1.99. The molecule has 4 heteroatoms. The molecule has 0 aliphatic heterocycles. The fourth-order valence-corrected chi connectivity index (χ4v) is 2.25. The van der Waals surface area contributed by atoms with Crippen LogP contribution in [0.1, 0.15) is 10.6 Å². The number of hydrogen-bond donors (Lipinski definition) is 0. The average molecular weight is 256 g/mol. The fourth-order valence-electron chi connectivity index (χ4n) is 1.33. The van der Waals surface area contributed by atoms with Crippen LogP contribution in [0, 0.1) is 13.8 Å². The molecule has 0 saturated heterocycles. The Kier molecular flexibility index (Phi) is 4.33. The van der Waals surface area contributed by atoms with Gasteiger partial charge in [-0.3, -0.25) is 0 Å². The van der Waals surface area contributed by atoms with Crippen LogP contribution in [0.5, 0.6) is 5.75 Å². The summed E-state index contributed by atoms with van der Waals surface area (Å²) in [6.07, 6.45) is 0. The summed E-state index contributed by atoms with van der Waals surface area (Å²) in [5, 5.41) is 1.08. The molecule has 2 aromatic rings. The van der Waals surface area contributed by atoms with E-state index in [0.717, 1.165) is 22.0 Å². The molecule has 0 aliphatic carbocycles. The molecule has 0 unspecified atom stereocenters. The lowest BCUT2D eigenvalue weighted by Crippen LogP contribution is -1.82. The smallest absolute Gasteiger partial charge is 0.123 e. The van der Waals surface area contributed by atoms with Crippen LogP contribution in [-0.4, -0.2) is 12.1 Å². The van der Waals surface area contributed by atoms with Crippen molar-refractivity contribution >= 4 is 23.7 Å². The highest BCUT2D eigenvalue weighted by Gasteiger charge is 2.05. The third-order valence-corrected chi connectivity index (χ3v) is 3.49. The van der Waals surface area contributed by atoms with Crippen LogP contribution in [0.3, 0.4) is 0 Å². The predicted molar refractivity (Wildman–Crippen MR) is 70.8 cm³/mol. The second-order valence-corrected chi connectivity index (χ2v) is 4.59. The maximum absolute atomic E-state index is 5.12. The van der Waals surface area contributed by atoms with E-state index < -0.39 is 0 Å². The first kappa shape index (κ1) is 13.0. The zero-order valence-electron chi connectivity index (χ0n) is 9.48. The third-order valence-electron chi connectivity index (χ3n) is 2.37. The Balaban J connectivity index is 0.00000128. The summed E-state index contributed by atoms with van der Waals surface area (Å²) in [7, 11) is 1.67. The van der Waals surface area contributed by atoms with Gasteiger partial charge in [0.15, 0.2) is 0 Å². The molecule has 0 bridgehead atoms. The van der Waals surface area contributed by atoms with Crippen molar-refractivity contribution in [1.82, 2.24) is 4.98 Å². The Labute approximate surface area is 106 Å². The molecule has 0 aliphatic rings. The van der Waals surface area contributed by atoms with Crippen molar-refractivity contribution in [3.8, 4) is 16.3 Å². The normalized spacial score (nSPS) is 9.69. The molecule has 0 radical (unpaired) electrons. The molecule has 0 fully saturated rings. The largest absolute Gasteiger partial charge is 0.497 e. The summed E-state index contributed by atoms with van der Waals surface area (Å²) in [4.78, 5) is 5.79. The molecule has 1 aromatic heterocycles. The molecule has 16 heavy (non-hydrogen) atoms. The first-order valence-electron chi connectivity index (χ1n) is 4.79. The van der Waals surface area contributed by atoms with Gasteiger partial charge in [0, 0.05) is 10.4 Å². The Hall–Kier alpha value is -1.06. The van der Waals surface area contributed by atoms with E-state index in [9.17, 15) is 0 Å². The molecule has 0 spiro atoms. The molecule has 2 nitrogen and oxygen atoms in total. The number of benzene rings is 1. The minimum Gasteiger partial charge on any atom is -0.497 e. The highest BCUT2D eigenvalue weighted by molar-refractivity contribution is 7.15. The first-order chi connectivity index (χ1) is 7.20. The standard InChI is InChI=1S/C12H13NOS.ClH/c1-8-9(2)15-12(13-8)10-4-6-11(14-3)7-5-10;/h4-7H,1-3H3;1H. The number of aromatic nitrogens is 1. The highest BCUT2D eigenvalue weighted by Crippen LogP contribution is 2.28. The summed E-state index contributed by atoms with van der Waals surface area (Å²) >= 11 is 1.73. The van der Waals surface area contributed by atoms with Gasteiger partial charge in [-0.15, -0.1) is 23.7 Å². The van der Waals surface area contributed by atoms with Crippen LogP contribution in [0.25, 0.3) is 10.6 Å². The monoisotopic (exact) mass is 255 g/mol. The van der Waals surface area contributed by atoms with Crippen LogP contribution in [-0.2, 0) is 0 Å². The number of thiazole rings is 1. The average Bonchev–Trinajstić information content (AvgIpc) is 2.59. The number of ether oxygens (including phenoxy) is 1. The molecule has 0 atom stereocenters. The molecular formula is C12H14ClNOS. The summed E-state index contributed by atoms with van der Waals surface area (Å²) in [5.41, 5.74) is 2.27. The number of halogens is 1. The van der Waals surface area contributed by atoms with Crippen molar-refractivity contribution in [3.05, 3.63) is 34.8 Å². The molecule has 0 saturated carbocycles. The van der Waals surface area contributed by atoms with Crippen molar-refractivity contribution in [2.45, 2.75) is 13.8 Å². The zero-order chi connectivity index (χ0) is 10.8. The van der Waals surface area contributed by atoms with Crippen LogP contribution in [0.2, 0.25) is 0 Å². The third kappa shape index (κ3) is 2.54. The van der Waals surface area contributed by atoms with E-state index in [1.165, 1.54) is 4.88 Å². The summed E-state index contributed by atoms with van der Waals surface area (Å²) in [6.45, 7) is 4.14. The van der Waals surface area contributed by atoms with E-state index in [1.54, 1.807) is 18.4 Å². The Morgan fingerprint density at radius 1 is 1.12 bits per heavy atom. The summed E-state index contributed by atoms with van der Waals surface area (Å²) < 4.78 is 5.12. The molecule has 86 valence electrons. The molecule has 2 rings (SSSR count). The van der Waals surface area contributed by atoms with Gasteiger partial charge in [-0.2, -0.15) is 0 Å². The second-order valence-electron chi connectivity index (χ2n) is 3.39. The first-order valence-corrected chi connectivity index (χ1v) is 5.61. The van der Waals surface area contributed by atoms with Gasteiger partial charge in [0.05, 0.1) is 12.8 Å². The minimum atomic E-state index is 0. The number of aryl methyl sites for hydroxylation is 2. The number of rotatable bonds is 2. The van der Waals surface area contributed by atoms with E-state index in [0.29, 0.717) is 0 Å². The van der Waals surface area contributed by atoms with Crippen molar-refractivity contribution < 1.29 is 4.74 Å².